The van der Waals surface area contributed by atoms with Crippen LogP contribution >= 0.6 is 0 Å². The first-order chi connectivity index (χ1) is 6.33. The Kier molecular flexibility index (Phi) is 1.79. The Morgan fingerprint density at radius 3 is 3.00 bits per heavy atom. The van der Waals surface area contributed by atoms with E-state index >= 15 is 0 Å². The summed E-state index contributed by atoms with van der Waals surface area (Å²) in [5.41, 5.74) is 4.11. The monoisotopic (exact) mass is 175 g/mol. The van der Waals surface area contributed by atoms with E-state index < -0.39 is 0 Å². The minimum atomic E-state index is 0.550. The molecule has 0 saturated heterocycles. The summed E-state index contributed by atoms with van der Waals surface area (Å²) < 4.78 is 0. The third-order valence-corrected chi connectivity index (χ3v) is 1.84. The van der Waals surface area contributed by atoms with E-state index in [1.54, 1.807) is 6.20 Å². The molecule has 0 atom stereocenters. The number of anilines is 1. The zero-order chi connectivity index (χ0) is 9.26. The third-order valence-electron chi connectivity index (χ3n) is 1.84. The summed E-state index contributed by atoms with van der Waals surface area (Å²) in [6.07, 6.45) is 1.72. The van der Waals surface area contributed by atoms with Crippen molar-refractivity contribution in [3.63, 3.8) is 0 Å². The second-order valence-corrected chi connectivity index (χ2v) is 2.68. The van der Waals surface area contributed by atoms with Crippen LogP contribution in [0.5, 0.6) is 0 Å². The van der Waals surface area contributed by atoms with Crippen LogP contribution in [0.1, 0.15) is 5.69 Å². The van der Waals surface area contributed by atoms with Gasteiger partial charge in [-0.05, 0) is 19.1 Å². The van der Waals surface area contributed by atoms with E-state index in [0.717, 1.165) is 16.6 Å². The van der Waals surface area contributed by atoms with E-state index in [9.17, 15) is 0 Å². The standard InChI is InChI=1S/C8H9N5/c1-5-7-6(3-2-4-10-7)8(11-9)13-12-5/h2-4H,9H2,1H3,(H,11,13). The summed E-state index contributed by atoms with van der Waals surface area (Å²) >= 11 is 0. The van der Waals surface area contributed by atoms with Crippen molar-refractivity contribution < 1.29 is 0 Å². The zero-order valence-corrected chi connectivity index (χ0v) is 7.15. The van der Waals surface area contributed by atoms with Crippen LogP contribution in [0.4, 0.5) is 5.82 Å². The maximum absolute atomic E-state index is 5.29. The van der Waals surface area contributed by atoms with Gasteiger partial charge in [0, 0.05) is 11.6 Å². The highest BCUT2D eigenvalue weighted by atomic mass is 15.3. The van der Waals surface area contributed by atoms with Gasteiger partial charge in [-0.1, -0.05) is 0 Å². The van der Waals surface area contributed by atoms with Crippen molar-refractivity contribution >= 4 is 16.7 Å². The highest BCUT2D eigenvalue weighted by molar-refractivity contribution is 5.89. The molecular formula is C8H9N5. The van der Waals surface area contributed by atoms with Gasteiger partial charge in [0.25, 0.3) is 0 Å². The lowest BCUT2D eigenvalue weighted by Crippen LogP contribution is -2.10. The van der Waals surface area contributed by atoms with E-state index in [1.807, 2.05) is 19.1 Å². The van der Waals surface area contributed by atoms with Crippen LogP contribution in [0, 0.1) is 6.92 Å². The lowest BCUT2D eigenvalue weighted by molar-refractivity contribution is 0.989. The van der Waals surface area contributed by atoms with Crippen LogP contribution < -0.4 is 11.3 Å². The average Bonchev–Trinajstić information content (AvgIpc) is 2.19. The van der Waals surface area contributed by atoms with Crippen molar-refractivity contribution in [1.82, 2.24) is 15.2 Å². The molecule has 0 fully saturated rings. The van der Waals surface area contributed by atoms with Crippen LogP contribution in [0.2, 0.25) is 0 Å². The summed E-state index contributed by atoms with van der Waals surface area (Å²) in [5.74, 6) is 5.84. The largest absolute Gasteiger partial charge is 0.306 e. The maximum atomic E-state index is 5.29. The highest BCUT2D eigenvalue weighted by Crippen LogP contribution is 2.18. The van der Waals surface area contributed by atoms with Crippen molar-refractivity contribution in [3.05, 3.63) is 24.0 Å². The number of nitrogens with one attached hydrogen (secondary N) is 1. The van der Waals surface area contributed by atoms with E-state index in [1.165, 1.54) is 0 Å². The van der Waals surface area contributed by atoms with E-state index in [-0.39, 0.29) is 0 Å². The zero-order valence-electron chi connectivity index (χ0n) is 7.15. The van der Waals surface area contributed by atoms with Gasteiger partial charge in [-0.3, -0.25) is 4.98 Å². The fraction of sp³-hybridized carbons (Fsp3) is 0.125. The lowest BCUT2D eigenvalue weighted by atomic mass is 10.2. The molecule has 0 bridgehead atoms. The molecule has 2 aromatic rings. The SMILES string of the molecule is Cc1nnc(NN)c2cccnc12. The Bertz CT molecular complexity index is 439. The number of fused-ring (bicyclic) bond motifs is 1. The number of nitrogens with zero attached hydrogens (tertiary/aromatic N) is 3. The third kappa shape index (κ3) is 1.19. The Morgan fingerprint density at radius 2 is 2.23 bits per heavy atom. The summed E-state index contributed by atoms with van der Waals surface area (Å²) in [4.78, 5) is 4.19. The first kappa shape index (κ1) is 7.88. The molecule has 0 aliphatic heterocycles. The predicted octanol–water partition coefficient (Wildman–Crippen LogP) is 0.619. The number of hydrogen-bond acceptors (Lipinski definition) is 5. The van der Waals surface area contributed by atoms with Gasteiger partial charge in [0.2, 0.25) is 0 Å². The van der Waals surface area contributed by atoms with Gasteiger partial charge in [0.15, 0.2) is 5.82 Å². The molecule has 5 heteroatoms. The number of rotatable bonds is 1. The number of nitrogen functional groups attached to an aromatic ring is 1. The minimum absolute atomic E-state index is 0.550. The second-order valence-electron chi connectivity index (χ2n) is 2.68. The molecule has 2 heterocycles. The molecule has 0 aromatic carbocycles. The molecule has 66 valence electrons. The van der Waals surface area contributed by atoms with E-state index in [2.05, 4.69) is 20.6 Å². The molecule has 2 rings (SSSR count). The fourth-order valence-corrected chi connectivity index (χ4v) is 1.22. The number of aromatic nitrogens is 3. The summed E-state index contributed by atoms with van der Waals surface area (Å²) in [6.45, 7) is 1.86. The predicted molar refractivity (Wildman–Crippen MR) is 49.9 cm³/mol. The summed E-state index contributed by atoms with van der Waals surface area (Å²) in [6, 6.07) is 3.74. The fourth-order valence-electron chi connectivity index (χ4n) is 1.22. The van der Waals surface area contributed by atoms with Gasteiger partial charge in [0.05, 0.1) is 11.2 Å². The molecule has 3 N–H and O–H groups in total. The van der Waals surface area contributed by atoms with Crippen LogP contribution in [-0.4, -0.2) is 15.2 Å². The van der Waals surface area contributed by atoms with Gasteiger partial charge < -0.3 is 5.43 Å². The van der Waals surface area contributed by atoms with Gasteiger partial charge in [-0.25, -0.2) is 5.84 Å². The average molecular weight is 175 g/mol. The van der Waals surface area contributed by atoms with Crippen molar-refractivity contribution in [2.45, 2.75) is 6.92 Å². The van der Waals surface area contributed by atoms with Gasteiger partial charge >= 0.3 is 0 Å². The van der Waals surface area contributed by atoms with Crippen LogP contribution in [0.25, 0.3) is 10.9 Å². The first-order valence-electron chi connectivity index (χ1n) is 3.87. The molecule has 0 spiro atoms. The molecule has 0 aliphatic carbocycles. The molecule has 0 aliphatic rings. The number of pyridine rings is 1. The van der Waals surface area contributed by atoms with Crippen LogP contribution in [0.15, 0.2) is 18.3 Å². The Labute approximate surface area is 75.0 Å². The molecule has 0 unspecified atom stereocenters. The molecule has 2 aromatic heterocycles. The Balaban J connectivity index is 2.84. The van der Waals surface area contributed by atoms with Gasteiger partial charge in [0.1, 0.15) is 0 Å². The van der Waals surface area contributed by atoms with Crippen LogP contribution in [0.3, 0.4) is 0 Å². The molecule has 5 nitrogen and oxygen atoms in total. The van der Waals surface area contributed by atoms with Crippen molar-refractivity contribution in [2.24, 2.45) is 5.84 Å². The minimum Gasteiger partial charge on any atom is -0.306 e. The van der Waals surface area contributed by atoms with Crippen molar-refractivity contribution in [1.29, 1.82) is 0 Å². The number of aryl methyl sites for hydroxylation is 1. The highest BCUT2D eigenvalue weighted by Gasteiger charge is 2.04. The summed E-state index contributed by atoms with van der Waals surface area (Å²) in [7, 11) is 0. The molecule has 0 amide bonds. The molecule has 0 saturated carbocycles. The Hall–Kier alpha value is -1.75. The number of hydrazine groups is 1. The topological polar surface area (TPSA) is 76.7 Å². The smallest absolute Gasteiger partial charge is 0.172 e. The molecular weight excluding hydrogens is 166 g/mol. The molecule has 0 radical (unpaired) electrons. The summed E-state index contributed by atoms with van der Waals surface area (Å²) in [5, 5.41) is 8.71. The van der Waals surface area contributed by atoms with Crippen molar-refractivity contribution in [2.75, 3.05) is 5.43 Å². The normalized spacial score (nSPS) is 10.3. The lowest BCUT2D eigenvalue weighted by Gasteiger charge is -2.03. The van der Waals surface area contributed by atoms with Crippen LogP contribution in [-0.2, 0) is 0 Å². The van der Waals surface area contributed by atoms with E-state index in [4.69, 9.17) is 5.84 Å². The second kappa shape index (κ2) is 2.95. The van der Waals surface area contributed by atoms with Crippen molar-refractivity contribution in [3.8, 4) is 0 Å². The van der Waals surface area contributed by atoms with Gasteiger partial charge in [-0.2, -0.15) is 5.10 Å². The maximum Gasteiger partial charge on any atom is 0.172 e. The molecule has 13 heavy (non-hydrogen) atoms. The number of hydrogen-bond donors (Lipinski definition) is 2. The quantitative estimate of drug-likeness (QED) is 0.490. The Morgan fingerprint density at radius 1 is 1.38 bits per heavy atom. The number of nitrogens with two attached hydrogens (primary N) is 1. The van der Waals surface area contributed by atoms with E-state index in [0.29, 0.717) is 5.82 Å². The van der Waals surface area contributed by atoms with Gasteiger partial charge in [-0.15, -0.1) is 5.10 Å². The first-order valence-corrected chi connectivity index (χ1v) is 3.87.